The Kier molecular flexibility index (Phi) is 3.61. The summed E-state index contributed by atoms with van der Waals surface area (Å²) in [5, 5.41) is 4.07. The zero-order valence-electron chi connectivity index (χ0n) is 11.5. The van der Waals surface area contributed by atoms with E-state index in [4.69, 9.17) is 0 Å². The van der Waals surface area contributed by atoms with E-state index in [0.717, 1.165) is 27.1 Å². The normalized spacial score (nSPS) is 14.3. The van der Waals surface area contributed by atoms with Crippen LogP contribution in [0.2, 0.25) is 0 Å². The van der Waals surface area contributed by atoms with E-state index in [1.807, 2.05) is 14.0 Å². The summed E-state index contributed by atoms with van der Waals surface area (Å²) >= 11 is 1.55. The maximum Gasteiger partial charge on any atom is 0.135 e. The molecule has 1 heterocycles. The molecule has 0 bridgehead atoms. The fourth-order valence-electron chi connectivity index (χ4n) is 1.99. The fourth-order valence-corrected chi connectivity index (χ4v) is 2.88. The highest BCUT2D eigenvalue weighted by Crippen LogP contribution is 2.40. The summed E-state index contributed by atoms with van der Waals surface area (Å²) in [5.41, 5.74) is 1.03. The lowest BCUT2D eigenvalue weighted by Gasteiger charge is -2.11. The van der Waals surface area contributed by atoms with E-state index in [9.17, 15) is 4.39 Å². The van der Waals surface area contributed by atoms with Crippen LogP contribution in [0.5, 0.6) is 0 Å². The van der Waals surface area contributed by atoms with Gasteiger partial charge >= 0.3 is 0 Å². The quantitative estimate of drug-likeness (QED) is 0.864. The monoisotopic (exact) mass is 289 g/mol. The second-order valence-corrected chi connectivity index (χ2v) is 6.00. The average Bonchev–Trinajstić information content (AvgIpc) is 3.28. The molecular weight excluding hydrogens is 273 g/mol. The van der Waals surface area contributed by atoms with Crippen LogP contribution in [0.25, 0.3) is 0 Å². The minimum atomic E-state index is -0.219. The van der Waals surface area contributed by atoms with Crippen molar-refractivity contribution >= 4 is 17.6 Å². The molecule has 1 aliphatic rings. The lowest BCUT2D eigenvalue weighted by Crippen LogP contribution is -2.04. The van der Waals surface area contributed by atoms with E-state index < -0.39 is 0 Å². The minimum Gasteiger partial charge on any atom is -0.373 e. The van der Waals surface area contributed by atoms with Gasteiger partial charge in [-0.05, 0) is 44.0 Å². The van der Waals surface area contributed by atoms with Crippen molar-refractivity contribution < 1.29 is 4.39 Å². The van der Waals surface area contributed by atoms with Gasteiger partial charge in [-0.1, -0.05) is 11.8 Å². The summed E-state index contributed by atoms with van der Waals surface area (Å²) in [6.45, 7) is 2.01. The summed E-state index contributed by atoms with van der Waals surface area (Å²) in [6, 6.07) is 6.49. The summed E-state index contributed by atoms with van der Waals surface area (Å²) in [4.78, 5) is 10.2. The SMILES string of the molecule is CNc1nc(C2CC2)nc(Sc2ccc(F)cc2)c1C. The van der Waals surface area contributed by atoms with E-state index in [1.165, 1.54) is 25.0 Å². The summed E-state index contributed by atoms with van der Waals surface area (Å²) in [7, 11) is 1.87. The Bertz CT molecular complexity index is 624. The van der Waals surface area contributed by atoms with Crippen molar-refractivity contribution in [3.8, 4) is 0 Å². The van der Waals surface area contributed by atoms with Crippen molar-refractivity contribution in [1.29, 1.82) is 0 Å². The topological polar surface area (TPSA) is 37.8 Å². The number of halogens is 1. The average molecular weight is 289 g/mol. The van der Waals surface area contributed by atoms with Crippen LogP contribution in [-0.2, 0) is 0 Å². The predicted molar refractivity (Wildman–Crippen MR) is 78.8 cm³/mol. The molecule has 1 N–H and O–H groups in total. The van der Waals surface area contributed by atoms with E-state index >= 15 is 0 Å². The first-order chi connectivity index (χ1) is 9.67. The van der Waals surface area contributed by atoms with Crippen molar-refractivity contribution in [2.45, 2.75) is 35.6 Å². The second-order valence-electron chi connectivity index (χ2n) is 4.94. The number of rotatable bonds is 4. The van der Waals surface area contributed by atoms with Gasteiger partial charge in [-0.25, -0.2) is 14.4 Å². The predicted octanol–water partition coefficient (Wildman–Crippen LogP) is 3.99. The van der Waals surface area contributed by atoms with Gasteiger partial charge in [0.25, 0.3) is 0 Å². The zero-order valence-corrected chi connectivity index (χ0v) is 12.3. The number of hydrogen-bond donors (Lipinski definition) is 1. The maximum atomic E-state index is 13.0. The van der Waals surface area contributed by atoms with Gasteiger partial charge in [0.15, 0.2) is 0 Å². The van der Waals surface area contributed by atoms with Gasteiger partial charge in [0.2, 0.25) is 0 Å². The van der Waals surface area contributed by atoms with Crippen LogP contribution in [0, 0.1) is 12.7 Å². The van der Waals surface area contributed by atoms with E-state index in [2.05, 4.69) is 15.3 Å². The molecule has 3 nitrogen and oxygen atoms in total. The van der Waals surface area contributed by atoms with Gasteiger partial charge in [-0.3, -0.25) is 0 Å². The van der Waals surface area contributed by atoms with Crippen molar-refractivity contribution in [3.05, 3.63) is 41.5 Å². The second kappa shape index (κ2) is 5.40. The van der Waals surface area contributed by atoms with Gasteiger partial charge in [-0.15, -0.1) is 0 Å². The third-order valence-electron chi connectivity index (χ3n) is 3.33. The molecule has 0 saturated heterocycles. The molecule has 1 aliphatic carbocycles. The number of nitrogens with zero attached hydrogens (tertiary/aromatic N) is 2. The molecule has 2 aromatic rings. The molecule has 0 unspecified atom stereocenters. The molecule has 0 amide bonds. The third kappa shape index (κ3) is 2.77. The molecule has 0 atom stereocenters. The lowest BCUT2D eigenvalue weighted by molar-refractivity contribution is 0.626. The summed E-state index contributed by atoms with van der Waals surface area (Å²) in [5.74, 6) is 2.09. The van der Waals surface area contributed by atoms with Gasteiger partial charge in [0, 0.05) is 23.4 Å². The number of nitrogens with one attached hydrogen (secondary N) is 1. The smallest absolute Gasteiger partial charge is 0.135 e. The van der Waals surface area contributed by atoms with Gasteiger partial charge in [0.1, 0.15) is 22.5 Å². The Hall–Kier alpha value is -1.62. The molecule has 1 saturated carbocycles. The summed E-state index contributed by atoms with van der Waals surface area (Å²) < 4.78 is 13.0. The molecule has 0 radical (unpaired) electrons. The van der Waals surface area contributed by atoms with Crippen LogP contribution in [0.4, 0.5) is 10.2 Å². The minimum absolute atomic E-state index is 0.219. The van der Waals surface area contributed by atoms with Gasteiger partial charge < -0.3 is 5.32 Å². The molecular formula is C15H16FN3S. The van der Waals surface area contributed by atoms with Crippen LogP contribution in [0.3, 0.4) is 0 Å². The number of anilines is 1. The lowest BCUT2D eigenvalue weighted by atomic mass is 10.3. The third-order valence-corrected chi connectivity index (χ3v) is 4.42. The van der Waals surface area contributed by atoms with E-state index in [1.54, 1.807) is 23.9 Å². The van der Waals surface area contributed by atoms with E-state index in [-0.39, 0.29) is 5.82 Å². The van der Waals surface area contributed by atoms with E-state index in [0.29, 0.717) is 5.92 Å². The Balaban J connectivity index is 1.94. The highest BCUT2D eigenvalue weighted by molar-refractivity contribution is 7.99. The zero-order chi connectivity index (χ0) is 14.1. The standard InChI is InChI=1S/C15H16FN3S/c1-9-13(17-2)18-14(10-3-4-10)19-15(9)20-12-7-5-11(16)6-8-12/h5-8,10H,3-4H2,1-2H3,(H,17,18,19). The van der Waals surface area contributed by atoms with Gasteiger partial charge in [0.05, 0.1) is 0 Å². The largest absolute Gasteiger partial charge is 0.373 e. The van der Waals surface area contributed by atoms with Crippen molar-refractivity contribution in [2.75, 3.05) is 12.4 Å². The van der Waals surface area contributed by atoms with Crippen molar-refractivity contribution in [3.63, 3.8) is 0 Å². The Morgan fingerprint density at radius 3 is 2.50 bits per heavy atom. The summed E-state index contributed by atoms with van der Waals surface area (Å²) in [6.07, 6.45) is 2.35. The molecule has 0 spiro atoms. The highest BCUT2D eigenvalue weighted by Gasteiger charge is 2.28. The molecule has 1 aromatic heterocycles. The Morgan fingerprint density at radius 1 is 1.20 bits per heavy atom. The first-order valence-corrected chi connectivity index (χ1v) is 7.48. The van der Waals surface area contributed by atoms with Crippen LogP contribution in [0.15, 0.2) is 34.2 Å². The molecule has 20 heavy (non-hydrogen) atoms. The molecule has 0 aliphatic heterocycles. The van der Waals surface area contributed by atoms with Crippen LogP contribution < -0.4 is 5.32 Å². The van der Waals surface area contributed by atoms with Crippen LogP contribution >= 0.6 is 11.8 Å². The van der Waals surface area contributed by atoms with Gasteiger partial charge in [-0.2, -0.15) is 0 Å². The molecule has 1 aromatic carbocycles. The highest BCUT2D eigenvalue weighted by atomic mass is 32.2. The number of aromatic nitrogens is 2. The fraction of sp³-hybridized carbons (Fsp3) is 0.333. The number of benzene rings is 1. The Morgan fingerprint density at radius 2 is 1.90 bits per heavy atom. The van der Waals surface area contributed by atoms with Crippen molar-refractivity contribution in [2.24, 2.45) is 0 Å². The Labute approximate surface area is 122 Å². The maximum absolute atomic E-state index is 13.0. The van der Waals surface area contributed by atoms with Crippen LogP contribution in [0.1, 0.15) is 30.1 Å². The molecule has 104 valence electrons. The molecule has 3 rings (SSSR count). The number of hydrogen-bond acceptors (Lipinski definition) is 4. The molecule has 1 fully saturated rings. The first-order valence-electron chi connectivity index (χ1n) is 6.67. The van der Waals surface area contributed by atoms with Crippen molar-refractivity contribution in [1.82, 2.24) is 9.97 Å². The molecule has 5 heteroatoms. The first kappa shape index (κ1) is 13.4. The van der Waals surface area contributed by atoms with Crippen LogP contribution in [-0.4, -0.2) is 17.0 Å².